The molecule has 4 N–H and O–H groups in total. The molecule has 1 aromatic rings. The van der Waals surface area contributed by atoms with Crippen molar-refractivity contribution in [1.82, 2.24) is 0 Å². The molecule has 3 nitrogen and oxygen atoms in total. The minimum atomic E-state index is -0.139. The van der Waals surface area contributed by atoms with E-state index in [-0.39, 0.29) is 18.0 Å². The summed E-state index contributed by atoms with van der Waals surface area (Å²) >= 11 is 0. The number of hydrogen-bond acceptors (Lipinski definition) is 3. The maximum absolute atomic E-state index is 9.00. The fourth-order valence-electron chi connectivity index (χ4n) is 0.737. The molecule has 0 radical (unpaired) electrons. The molecular weight excluding hydrogens is 130 g/mol. The van der Waals surface area contributed by atoms with Crippen molar-refractivity contribution in [1.29, 1.82) is 0 Å². The van der Waals surface area contributed by atoms with E-state index in [1.807, 2.05) is 0 Å². The largest absolute Gasteiger partial charge is 0.506 e. The van der Waals surface area contributed by atoms with E-state index in [0.29, 0.717) is 5.56 Å². The smallest absolute Gasteiger partial charge is 0.138 e. The molecule has 1 rings (SSSR count). The van der Waals surface area contributed by atoms with Crippen LogP contribution in [0.3, 0.4) is 0 Å². The molecule has 0 saturated heterocycles. The third-order valence-electron chi connectivity index (χ3n) is 1.34. The Labute approximate surface area is 58.7 Å². The average molecular weight is 139 g/mol. The standard InChI is InChI=1S/C7H9NO2/c8-7-5(4-9)2-1-3-6(7)10/h1-3,9-10H,4,8H2. The van der Waals surface area contributed by atoms with Crippen LogP contribution in [0.1, 0.15) is 5.56 Å². The van der Waals surface area contributed by atoms with E-state index in [1.165, 1.54) is 6.07 Å². The summed E-state index contributed by atoms with van der Waals surface area (Å²) in [7, 11) is 0. The monoisotopic (exact) mass is 139 g/mol. The quantitative estimate of drug-likeness (QED) is 0.391. The number of phenols is 1. The minimum Gasteiger partial charge on any atom is -0.506 e. The number of para-hydroxylation sites is 1. The SMILES string of the molecule is Nc1c(O)cccc1CO. The van der Waals surface area contributed by atoms with Crippen LogP contribution in [-0.4, -0.2) is 10.2 Å². The number of nitrogen functional groups attached to an aromatic ring is 1. The Morgan fingerprint density at radius 2 is 2.10 bits per heavy atom. The van der Waals surface area contributed by atoms with Gasteiger partial charge in [0, 0.05) is 5.56 Å². The number of phenolic OH excluding ortho intramolecular Hbond substituents is 1. The molecule has 0 aliphatic carbocycles. The maximum Gasteiger partial charge on any atom is 0.138 e. The van der Waals surface area contributed by atoms with Gasteiger partial charge in [-0.05, 0) is 6.07 Å². The van der Waals surface area contributed by atoms with Gasteiger partial charge in [0.1, 0.15) is 5.75 Å². The van der Waals surface area contributed by atoms with Gasteiger partial charge in [-0.2, -0.15) is 0 Å². The van der Waals surface area contributed by atoms with Gasteiger partial charge in [-0.25, -0.2) is 0 Å². The number of aliphatic hydroxyl groups excluding tert-OH is 1. The van der Waals surface area contributed by atoms with Crippen LogP contribution in [0.15, 0.2) is 18.2 Å². The van der Waals surface area contributed by atoms with Gasteiger partial charge >= 0.3 is 0 Å². The first-order chi connectivity index (χ1) is 4.75. The van der Waals surface area contributed by atoms with Crippen LogP contribution in [0.25, 0.3) is 0 Å². The zero-order chi connectivity index (χ0) is 7.56. The van der Waals surface area contributed by atoms with Crippen molar-refractivity contribution >= 4 is 5.69 Å². The first kappa shape index (κ1) is 6.89. The zero-order valence-corrected chi connectivity index (χ0v) is 5.41. The van der Waals surface area contributed by atoms with Crippen LogP contribution in [0.5, 0.6) is 5.75 Å². The molecule has 0 heterocycles. The second-order valence-corrected chi connectivity index (χ2v) is 2.01. The predicted molar refractivity (Wildman–Crippen MR) is 38.4 cm³/mol. The summed E-state index contributed by atoms with van der Waals surface area (Å²) in [5.41, 5.74) is 6.19. The fraction of sp³-hybridized carbons (Fsp3) is 0.143. The molecule has 0 fully saturated rings. The lowest BCUT2D eigenvalue weighted by atomic mass is 10.2. The normalized spacial score (nSPS) is 9.70. The number of rotatable bonds is 1. The van der Waals surface area contributed by atoms with Crippen molar-refractivity contribution in [2.45, 2.75) is 6.61 Å². The molecule has 0 amide bonds. The number of aliphatic hydroxyl groups is 1. The summed E-state index contributed by atoms with van der Waals surface area (Å²) in [6.45, 7) is -0.139. The average Bonchev–Trinajstić information content (AvgIpc) is 1.95. The Bertz CT molecular complexity index is 235. The molecule has 1 aromatic carbocycles. The third-order valence-corrected chi connectivity index (χ3v) is 1.34. The van der Waals surface area contributed by atoms with Gasteiger partial charge in [-0.15, -0.1) is 0 Å². The first-order valence-electron chi connectivity index (χ1n) is 2.93. The molecule has 0 aromatic heterocycles. The Balaban J connectivity index is 3.14. The molecule has 3 heteroatoms. The second kappa shape index (κ2) is 2.58. The first-order valence-corrected chi connectivity index (χ1v) is 2.93. The van der Waals surface area contributed by atoms with Gasteiger partial charge in [-0.1, -0.05) is 12.1 Å². The molecule has 54 valence electrons. The van der Waals surface area contributed by atoms with E-state index in [2.05, 4.69) is 0 Å². The Morgan fingerprint density at radius 3 is 2.60 bits per heavy atom. The van der Waals surface area contributed by atoms with E-state index in [0.717, 1.165) is 0 Å². The van der Waals surface area contributed by atoms with Gasteiger partial charge in [0.15, 0.2) is 0 Å². The van der Waals surface area contributed by atoms with Crippen molar-refractivity contribution in [3.63, 3.8) is 0 Å². The number of nitrogens with two attached hydrogens (primary N) is 1. The highest BCUT2D eigenvalue weighted by atomic mass is 16.3. The summed E-state index contributed by atoms with van der Waals surface area (Å²) in [5.74, 6) is 0.0200. The Hall–Kier alpha value is -1.22. The molecule has 0 unspecified atom stereocenters. The Kier molecular flexibility index (Phi) is 1.78. The summed E-state index contributed by atoms with van der Waals surface area (Å²) in [6.07, 6.45) is 0. The van der Waals surface area contributed by atoms with Gasteiger partial charge in [-0.3, -0.25) is 0 Å². The number of hydrogen-bond donors (Lipinski definition) is 3. The van der Waals surface area contributed by atoms with Crippen molar-refractivity contribution in [3.8, 4) is 5.75 Å². The highest BCUT2D eigenvalue weighted by Gasteiger charge is 1.99. The van der Waals surface area contributed by atoms with E-state index in [9.17, 15) is 0 Å². The molecule has 0 aliphatic rings. The Morgan fingerprint density at radius 1 is 1.40 bits per heavy atom. The van der Waals surface area contributed by atoms with Crippen molar-refractivity contribution in [3.05, 3.63) is 23.8 Å². The molecule has 0 saturated carbocycles. The summed E-state index contributed by atoms with van der Waals surface area (Å²) < 4.78 is 0. The fourth-order valence-corrected chi connectivity index (χ4v) is 0.737. The molecule has 10 heavy (non-hydrogen) atoms. The summed E-state index contributed by atoms with van der Waals surface area (Å²) in [5, 5.41) is 17.6. The zero-order valence-electron chi connectivity index (χ0n) is 5.41. The second-order valence-electron chi connectivity index (χ2n) is 2.01. The van der Waals surface area contributed by atoms with Crippen LogP contribution in [0.2, 0.25) is 0 Å². The van der Waals surface area contributed by atoms with E-state index in [1.54, 1.807) is 12.1 Å². The van der Waals surface area contributed by atoms with Gasteiger partial charge in [0.2, 0.25) is 0 Å². The van der Waals surface area contributed by atoms with Crippen LogP contribution >= 0.6 is 0 Å². The number of benzene rings is 1. The van der Waals surface area contributed by atoms with Crippen LogP contribution in [-0.2, 0) is 6.61 Å². The molecular formula is C7H9NO2. The highest BCUT2D eigenvalue weighted by molar-refractivity contribution is 5.57. The molecule has 0 atom stereocenters. The lowest BCUT2D eigenvalue weighted by molar-refractivity contribution is 0.282. The topological polar surface area (TPSA) is 66.5 Å². The third kappa shape index (κ3) is 1.04. The van der Waals surface area contributed by atoms with Gasteiger partial charge in [0.25, 0.3) is 0 Å². The lowest BCUT2D eigenvalue weighted by Gasteiger charge is -2.02. The van der Waals surface area contributed by atoms with E-state index >= 15 is 0 Å². The summed E-state index contributed by atoms with van der Waals surface area (Å²) in [4.78, 5) is 0. The number of anilines is 1. The molecule has 0 bridgehead atoms. The van der Waals surface area contributed by atoms with E-state index < -0.39 is 0 Å². The van der Waals surface area contributed by atoms with Gasteiger partial charge in [0.05, 0.1) is 12.3 Å². The number of aromatic hydroxyl groups is 1. The van der Waals surface area contributed by atoms with Crippen LogP contribution in [0.4, 0.5) is 5.69 Å². The van der Waals surface area contributed by atoms with Crippen molar-refractivity contribution < 1.29 is 10.2 Å². The van der Waals surface area contributed by atoms with Crippen molar-refractivity contribution in [2.75, 3.05) is 5.73 Å². The van der Waals surface area contributed by atoms with E-state index in [4.69, 9.17) is 15.9 Å². The summed E-state index contributed by atoms with van der Waals surface area (Å²) in [6, 6.07) is 4.78. The minimum absolute atomic E-state index is 0.0200. The lowest BCUT2D eigenvalue weighted by Crippen LogP contribution is -1.93. The van der Waals surface area contributed by atoms with Crippen LogP contribution < -0.4 is 5.73 Å². The maximum atomic E-state index is 9.00. The molecule has 0 spiro atoms. The van der Waals surface area contributed by atoms with Gasteiger partial charge < -0.3 is 15.9 Å². The van der Waals surface area contributed by atoms with Crippen molar-refractivity contribution in [2.24, 2.45) is 0 Å². The molecule has 0 aliphatic heterocycles. The van der Waals surface area contributed by atoms with Crippen LogP contribution in [0, 0.1) is 0 Å². The predicted octanol–water partition coefficient (Wildman–Crippen LogP) is 0.467. The highest BCUT2D eigenvalue weighted by Crippen LogP contribution is 2.22.